The molecule has 1 aromatic heterocycles. The van der Waals surface area contributed by atoms with Crippen molar-refractivity contribution in [1.82, 2.24) is 19.8 Å². The van der Waals surface area contributed by atoms with E-state index in [1.807, 2.05) is 6.92 Å². The number of benzene rings is 1. The van der Waals surface area contributed by atoms with E-state index in [1.54, 1.807) is 0 Å². The summed E-state index contributed by atoms with van der Waals surface area (Å²) in [5.74, 6) is 1.47. The normalized spacial score (nSPS) is 20.9. The summed E-state index contributed by atoms with van der Waals surface area (Å²) >= 11 is 1.16. The van der Waals surface area contributed by atoms with Crippen LogP contribution in [0.5, 0.6) is 0 Å². The number of likely N-dealkylation sites (tertiary alicyclic amines) is 1. The average molecular weight is 373 g/mol. The summed E-state index contributed by atoms with van der Waals surface area (Å²) < 4.78 is 3.87. The quantitative estimate of drug-likeness (QED) is 0.843. The number of nitrogens with zero attached hydrogens (tertiary/aromatic N) is 3. The van der Waals surface area contributed by atoms with E-state index in [2.05, 4.69) is 57.9 Å². The van der Waals surface area contributed by atoms with Crippen LogP contribution >= 0.6 is 11.5 Å². The Labute approximate surface area is 160 Å². The molecule has 1 aromatic carbocycles. The Kier molecular flexibility index (Phi) is 6.38. The van der Waals surface area contributed by atoms with Gasteiger partial charge in [0.1, 0.15) is 4.88 Å². The van der Waals surface area contributed by atoms with Crippen molar-refractivity contribution in [2.75, 3.05) is 13.1 Å². The number of aryl methyl sites for hydroxylation is 1. The second-order valence-electron chi connectivity index (χ2n) is 7.54. The molecule has 0 spiro atoms. The van der Waals surface area contributed by atoms with Crippen molar-refractivity contribution in [2.45, 2.75) is 46.7 Å². The van der Waals surface area contributed by atoms with Gasteiger partial charge in [-0.25, -0.2) is 0 Å². The van der Waals surface area contributed by atoms with Crippen LogP contribution in [-0.2, 0) is 19.5 Å². The molecule has 26 heavy (non-hydrogen) atoms. The molecule has 140 valence electrons. The van der Waals surface area contributed by atoms with Gasteiger partial charge in [-0.15, -0.1) is 5.10 Å². The van der Waals surface area contributed by atoms with E-state index in [0.29, 0.717) is 11.4 Å². The summed E-state index contributed by atoms with van der Waals surface area (Å²) in [6, 6.07) is 8.57. The molecule has 1 fully saturated rings. The fourth-order valence-corrected chi connectivity index (χ4v) is 4.48. The second-order valence-corrected chi connectivity index (χ2v) is 8.30. The van der Waals surface area contributed by atoms with Gasteiger partial charge in [0.25, 0.3) is 5.91 Å². The maximum Gasteiger partial charge on any atom is 0.265 e. The summed E-state index contributed by atoms with van der Waals surface area (Å²) in [5.41, 5.74) is 3.21. The largest absolute Gasteiger partial charge is 0.347 e. The van der Waals surface area contributed by atoms with Crippen LogP contribution in [0.2, 0.25) is 0 Å². The van der Waals surface area contributed by atoms with Crippen LogP contribution < -0.4 is 5.32 Å². The van der Waals surface area contributed by atoms with Gasteiger partial charge in [-0.3, -0.25) is 9.69 Å². The zero-order valence-corrected chi connectivity index (χ0v) is 16.7. The molecule has 0 unspecified atom stereocenters. The molecule has 0 radical (unpaired) electrons. The molecule has 2 atom stereocenters. The highest BCUT2D eigenvalue weighted by atomic mass is 32.1. The van der Waals surface area contributed by atoms with Gasteiger partial charge in [-0.2, -0.15) is 0 Å². The van der Waals surface area contributed by atoms with Crippen LogP contribution in [0.4, 0.5) is 0 Å². The van der Waals surface area contributed by atoms with E-state index in [1.165, 1.54) is 25.1 Å². The van der Waals surface area contributed by atoms with Gasteiger partial charge < -0.3 is 5.32 Å². The number of carbonyl (C=O) groups excluding carboxylic acids is 1. The van der Waals surface area contributed by atoms with Crippen LogP contribution in [0.1, 0.15) is 53.7 Å². The fraction of sp³-hybridized carbons (Fsp3) is 0.550. The van der Waals surface area contributed by atoms with Crippen LogP contribution in [-0.4, -0.2) is 33.5 Å². The summed E-state index contributed by atoms with van der Waals surface area (Å²) in [5, 5.41) is 6.96. The minimum Gasteiger partial charge on any atom is -0.347 e. The van der Waals surface area contributed by atoms with Crippen LogP contribution in [0.15, 0.2) is 24.3 Å². The van der Waals surface area contributed by atoms with Crippen molar-refractivity contribution < 1.29 is 4.79 Å². The third kappa shape index (κ3) is 4.89. The number of piperidine rings is 1. The first-order valence-electron chi connectivity index (χ1n) is 9.44. The molecule has 5 nitrogen and oxygen atoms in total. The molecular formula is C20H28N4OS. The summed E-state index contributed by atoms with van der Waals surface area (Å²) in [7, 11) is 0. The molecule has 0 bridgehead atoms. The Hall–Kier alpha value is -1.79. The molecule has 2 heterocycles. The number of carbonyl (C=O) groups is 1. The Morgan fingerprint density at radius 1 is 1.19 bits per heavy atom. The molecule has 1 amide bonds. The van der Waals surface area contributed by atoms with Crippen LogP contribution in [0.25, 0.3) is 0 Å². The Morgan fingerprint density at radius 3 is 2.50 bits per heavy atom. The van der Waals surface area contributed by atoms with Crippen molar-refractivity contribution in [2.24, 2.45) is 11.8 Å². The molecule has 1 aliphatic rings. The zero-order chi connectivity index (χ0) is 18.5. The van der Waals surface area contributed by atoms with Gasteiger partial charge >= 0.3 is 0 Å². The van der Waals surface area contributed by atoms with E-state index >= 15 is 0 Å². The molecule has 0 saturated carbocycles. The van der Waals surface area contributed by atoms with Crippen molar-refractivity contribution >= 4 is 17.4 Å². The number of amides is 1. The molecule has 6 heteroatoms. The first-order chi connectivity index (χ1) is 12.5. The van der Waals surface area contributed by atoms with Crippen molar-refractivity contribution in [3.63, 3.8) is 0 Å². The highest BCUT2D eigenvalue weighted by molar-refractivity contribution is 7.08. The number of hydrogen-bond acceptors (Lipinski definition) is 5. The molecule has 2 aromatic rings. The lowest BCUT2D eigenvalue weighted by Crippen LogP contribution is -2.38. The summed E-state index contributed by atoms with van der Waals surface area (Å²) in [6.45, 7) is 10.6. The van der Waals surface area contributed by atoms with Gasteiger partial charge in [-0.05, 0) is 47.3 Å². The smallest absolute Gasteiger partial charge is 0.265 e. The Morgan fingerprint density at radius 2 is 1.85 bits per heavy atom. The van der Waals surface area contributed by atoms with Crippen molar-refractivity contribution in [3.05, 3.63) is 46.0 Å². The number of aromatic nitrogens is 2. The standard InChI is InChI=1S/C20H28N4OS/c1-4-18-19(26-23-22-18)20(25)21-10-16-5-7-17(8-6-16)13-24-11-14(2)9-15(3)12-24/h5-8,14-15H,4,9-13H2,1-3H3,(H,21,25)/t14-,15+. The van der Waals surface area contributed by atoms with E-state index in [9.17, 15) is 4.79 Å². The summed E-state index contributed by atoms with van der Waals surface area (Å²) in [4.78, 5) is 15.4. The van der Waals surface area contributed by atoms with Gasteiger partial charge in [-0.1, -0.05) is 49.5 Å². The third-order valence-corrected chi connectivity index (χ3v) is 5.69. The highest BCUT2D eigenvalue weighted by Crippen LogP contribution is 2.22. The number of nitrogens with one attached hydrogen (secondary N) is 1. The predicted octanol–water partition coefficient (Wildman–Crippen LogP) is 3.51. The van der Waals surface area contributed by atoms with Gasteiger partial charge in [0.05, 0.1) is 5.69 Å². The van der Waals surface area contributed by atoms with E-state index in [4.69, 9.17) is 0 Å². The molecular weight excluding hydrogens is 344 g/mol. The lowest BCUT2D eigenvalue weighted by molar-refractivity contribution is 0.0954. The number of hydrogen-bond donors (Lipinski definition) is 1. The molecule has 3 rings (SSSR count). The molecule has 1 aliphatic heterocycles. The second kappa shape index (κ2) is 8.73. The SMILES string of the molecule is CCc1nnsc1C(=O)NCc1ccc(CN2C[C@H](C)C[C@H](C)C2)cc1. The lowest BCUT2D eigenvalue weighted by Gasteiger charge is -2.35. The third-order valence-electron chi connectivity index (χ3n) is 4.92. The monoisotopic (exact) mass is 372 g/mol. The van der Waals surface area contributed by atoms with Crippen LogP contribution in [0, 0.1) is 11.8 Å². The zero-order valence-electron chi connectivity index (χ0n) is 15.9. The molecule has 1 N–H and O–H groups in total. The first-order valence-corrected chi connectivity index (χ1v) is 10.2. The van der Waals surface area contributed by atoms with Gasteiger partial charge in [0.2, 0.25) is 0 Å². The van der Waals surface area contributed by atoms with E-state index < -0.39 is 0 Å². The molecule has 0 aliphatic carbocycles. The molecule has 1 saturated heterocycles. The lowest BCUT2D eigenvalue weighted by atomic mass is 9.91. The van der Waals surface area contributed by atoms with E-state index in [0.717, 1.165) is 47.6 Å². The van der Waals surface area contributed by atoms with Crippen LogP contribution in [0.3, 0.4) is 0 Å². The predicted molar refractivity (Wildman–Crippen MR) is 105 cm³/mol. The van der Waals surface area contributed by atoms with Crippen molar-refractivity contribution in [1.29, 1.82) is 0 Å². The topological polar surface area (TPSA) is 58.1 Å². The summed E-state index contributed by atoms with van der Waals surface area (Å²) in [6.07, 6.45) is 2.06. The number of rotatable bonds is 6. The minimum absolute atomic E-state index is 0.0859. The Bertz CT molecular complexity index is 718. The minimum atomic E-state index is -0.0859. The highest BCUT2D eigenvalue weighted by Gasteiger charge is 2.21. The van der Waals surface area contributed by atoms with Gasteiger partial charge in [0.15, 0.2) is 0 Å². The van der Waals surface area contributed by atoms with E-state index in [-0.39, 0.29) is 5.91 Å². The van der Waals surface area contributed by atoms with Gasteiger partial charge in [0, 0.05) is 26.2 Å². The first kappa shape index (κ1) is 19.0. The average Bonchev–Trinajstić information content (AvgIpc) is 3.09. The van der Waals surface area contributed by atoms with Crippen molar-refractivity contribution in [3.8, 4) is 0 Å². The maximum absolute atomic E-state index is 12.3. The maximum atomic E-state index is 12.3. The fourth-order valence-electron chi connectivity index (χ4n) is 3.82. The Balaban J connectivity index is 1.52.